The second-order valence-electron chi connectivity index (χ2n) is 5.99. The first-order valence-corrected chi connectivity index (χ1v) is 7.88. The third-order valence-electron chi connectivity index (χ3n) is 4.17. The van der Waals surface area contributed by atoms with Gasteiger partial charge in [-0.05, 0) is 42.7 Å². The van der Waals surface area contributed by atoms with E-state index >= 15 is 0 Å². The summed E-state index contributed by atoms with van der Waals surface area (Å²) in [5, 5.41) is 16.7. The number of hydrogen-bond acceptors (Lipinski definition) is 4. The molecule has 0 aliphatic heterocycles. The highest BCUT2D eigenvalue weighted by molar-refractivity contribution is 5.89. The van der Waals surface area contributed by atoms with Gasteiger partial charge in [-0.3, -0.25) is 4.79 Å². The largest absolute Gasteiger partial charge is 0.479 e. The highest BCUT2D eigenvalue weighted by Gasteiger charge is 2.23. The highest BCUT2D eigenvalue weighted by atomic mass is 16.5. The molecule has 128 valence electrons. The summed E-state index contributed by atoms with van der Waals surface area (Å²) in [5.41, 5.74) is 3.77. The van der Waals surface area contributed by atoms with Gasteiger partial charge in [0.2, 0.25) is 5.91 Å². The average molecular weight is 338 g/mol. The summed E-state index contributed by atoms with van der Waals surface area (Å²) in [6.07, 6.45) is -0.0495. The third-order valence-corrected chi connectivity index (χ3v) is 4.17. The molecule has 0 saturated heterocycles. The van der Waals surface area contributed by atoms with Gasteiger partial charge >= 0.3 is 5.97 Å². The van der Waals surface area contributed by atoms with E-state index in [1.54, 1.807) is 30.3 Å². The van der Waals surface area contributed by atoms with Crippen molar-refractivity contribution in [3.05, 3.63) is 64.8 Å². The molecule has 1 unspecified atom stereocenters. The summed E-state index contributed by atoms with van der Waals surface area (Å²) >= 11 is 0. The predicted octanol–water partition coefficient (Wildman–Crippen LogP) is 2.93. The minimum atomic E-state index is -1.11. The quantitative estimate of drug-likeness (QED) is 0.746. The molecule has 0 aliphatic carbocycles. The molecule has 0 saturated carbocycles. The lowest BCUT2D eigenvalue weighted by Crippen LogP contribution is -2.34. The van der Waals surface area contributed by atoms with Crippen LogP contribution in [0, 0.1) is 13.8 Å². The van der Waals surface area contributed by atoms with E-state index in [9.17, 15) is 14.7 Å². The van der Waals surface area contributed by atoms with Crippen LogP contribution in [0.5, 0.6) is 0 Å². The van der Waals surface area contributed by atoms with Gasteiger partial charge in [-0.15, -0.1) is 0 Å². The Morgan fingerprint density at radius 3 is 2.52 bits per heavy atom. The first-order chi connectivity index (χ1) is 12.0. The van der Waals surface area contributed by atoms with Crippen LogP contribution in [-0.2, 0) is 16.0 Å². The van der Waals surface area contributed by atoms with E-state index in [0.717, 1.165) is 16.5 Å². The average Bonchev–Trinajstić information content (AvgIpc) is 2.95. The van der Waals surface area contributed by atoms with E-state index < -0.39 is 17.9 Å². The summed E-state index contributed by atoms with van der Waals surface area (Å²) in [7, 11) is 0. The number of aryl methyl sites for hydroxylation is 2. The third kappa shape index (κ3) is 3.52. The second-order valence-corrected chi connectivity index (χ2v) is 5.99. The number of fused-ring (bicyclic) bond motifs is 1. The second kappa shape index (κ2) is 6.76. The summed E-state index contributed by atoms with van der Waals surface area (Å²) in [4.78, 5) is 23.8. The monoisotopic (exact) mass is 338 g/mol. The maximum absolute atomic E-state index is 12.3. The molecule has 0 fully saturated rings. The summed E-state index contributed by atoms with van der Waals surface area (Å²) in [5.74, 6) is -1.54. The van der Waals surface area contributed by atoms with E-state index in [4.69, 9.17) is 4.52 Å². The lowest BCUT2D eigenvalue weighted by Gasteiger charge is -2.14. The lowest BCUT2D eigenvalue weighted by atomic mass is 10.0. The summed E-state index contributed by atoms with van der Waals surface area (Å²) in [6, 6.07) is 11.3. The van der Waals surface area contributed by atoms with Gasteiger partial charge in [-0.1, -0.05) is 35.5 Å². The maximum Gasteiger partial charge on any atom is 0.330 e. The molecule has 1 aromatic heterocycles. The minimum absolute atomic E-state index is 0.0495. The van der Waals surface area contributed by atoms with Crippen LogP contribution in [0.4, 0.5) is 0 Å². The van der Waals surface area contributed by atoms with E-state index in [1.807, 2.05) is 26.0 Å². The molecule has 25 heavy (non-hydrogen) atoms. The van der Waals surface area contributed by atoms with Gasteiger partial charge in [0.05, 0.1) is 6.42 Å². The Hall–Kier alpha value is -3.15. The fraction of sp³-hybridized carbons (Fsp3) is 0.211. The van der Waals surface area contributed by atoms with Crippen molar-refractivity contribution >= 4 is 22.8 Å². The number of carboxylic acid groups (broad SMARTS) is 1. The molecule has 0 aliphatic rings. The van der Waals surface area contributed by atoms with Crippen molar-refractivity contribution in [2.24, 2.45) is 0 Å². The zero-order chi connectivity index (χ0) is 18.0. The van der Waals surface area contributed by atoms with E-state index in [-0.39, 0.29) is 6.42 Å². The number of nitrogens with one attached hydrogen (secondary N) is 1. The fourth-order valence-corrected chi connectivity index (χ4v) is 2.67. The molecule has 1 atom stereocenters. The number of amides is 1. The van der Waals surface area contributed by atoms with E-state index in [0.29, 0.717) is 16.8 Å². The van der Waals surface area contributed by atoms with E-state index in [2.05, 4.69) is 10.5 Å². The van der Waals surface area contributed by atoms with Gasteiger partial charge in [0, 0.05) is 5.39 Å². The molecule has 1 amide bonds. The van der Waals surface area contributed by atoms with Crippen molar-refractivity contribution in [3.63, 3.8) is 0 Å². The van der Waals surface area contributed by atoms with E-state index in [1.165, 1.54) is 0 Å². The molecule has 0 radical (unpaired) electrons. The van der Waals surface area contributed by atoms with Crippen molar-refractivity contribution in [3.8, 4) is 0 Å². The molecule has 1 heterocycles. The van der Waals surface area contributed by atoms with Crippen LogP contribution in [0.25, 0.3) is 11.0 Å². The SMILES string of the molecule is Cc1cc2onc(CC(=O)NC(C(=O)O)c3ccccc3)c2cc1C. The summed E-state index contributed by atoms with van der Waals surface area (Å²) < 4.78 is 5.28. The Morgan fingerprint density at radius 2 is 1.84 bits per heavy atom. The molecule has 3 aromatic rings. The molecular weight excluding hydrogens is 320 g/mol. The van der Waals surface area contributed by atoms with Crippen LogP contribution in [0.2, 0.25) is 0 Å². The van der Waals surface area contributed by atoms with Crippen molar-refractivity contribution in [1.82, 2.24) is 10.5 Å². The van der Waals surface area contributed by atoms with Crippen LogP contribution < -0.4 is 5.32 Å². The number of aliphatic carboxylic acids is 1. The van der Waals surface area contributed by atoms with Gasteiger partial charge in [0.25, 0.3) is 0 Å². The first kappa shape index (κ1) is 16.7. The number of carbonyl (C=O) groups excluding carboxylic acids is 1. The number of aromatic nitrogens is 1. The molecule has 0 spiro atoms. The first-order valence-electron chi connectivity index (χ1n) is 7.88. The van der Waals surface area contributed by atoms with Gasteiger partial charge in [-0.25, -0.2) is 4.79 Å². The Balaban J connectivity index is 1.80. The normalized spacial score (nSPS) is 12.1. The Labute approximate surface area is 144 Å². The molecule has 6 heteroatoms. The minimum Gasteiger partial charge on any atom is -0.479 e. The number of benzene rings is 2. The fourth-order valence-electron chi connectivity index (χ4n) is 2.67. The number of carbonyl (C=O) groups is 2. The molecule has 2 N–H and O–H groups in total. The van der Waals surface area contributed by atoms with Crippen LogP contribution >= 0.6 is 0 Å². The Kier molecular flexibility index (Phi) is 4.52. The molecule has 6 nitrogen and oxygen atoms in total. The van der Waals surface area contributed by atoms with Crippen molar-refractivity contribution in [2.45, 2.75) is 26.3 Å². The number of nitrogens with zero attached hydrogens (tertiary/aromatic N) is 1. The maximum atomic E-state index is 12.3. The van der Waals surface area contributed by atoms with Crippen molar-refractivity contribution in [1.29, 1.82) is 0 Å². The predicted molar refractivity (Wildman–Crippen MR) is 92.1 cm³/mol. The van der Waals surface area contributed by atoms with Crippen LogP contribution in [-0.4, -0.2) is 22.1 Å². The number of carboxylic acids is 1. The number of rotatable bonds is 5. The lowest BCUT2D eigenvalue weighted by molar-refractivity contribution is -0.142. The van der Waals surface area contributed by atoms with Crippen LogP contribution in [0.15, 0.2) is 47.0 Å². The molecule has 2 aromatic carbocycles. The number of hydrogen-bond donors (Lipinski definition) is 2. The Bertz CT molecular complexity index is 931. The zero-order valence-electron chi connectivity index (χ0n) is 13.9. The zero-order valence-corrected chi connectivity index (χ0v) is 13.9. The highest BCUT2D eigenvalue weighted by Crippen LogP contribution is 2.23. The Morgan fingerprint density at radius 1 is 1.16 bits per heavy atom. The van der Waals surface area contributed by atoms with Crippen LogP contribution in [0.3, 0.4) is 0 Å². The van der Waals surface area contributed by atoms with Crippen molar-refractivity contribution < 1.29 is 19.2 Å². The topological polar surface area (TPSA) is 92.4 Å². The molecular formula is C19H18N2O4. The van der Waals surface area contributed by atoms with Gasteiger partial charge in [0.15, 0.2) is 11.6 Å². The smallest absolute Gasteiger partial charge is 0.330 e. The van der Waals surface area contributed by atoms with Gasteiger partial charge in [-0.2, -0.15) is 0 Å². The summed E-state index contributed by atoms with van der Waals surface area (Å²) in [6.45, 7) is 3.95. The van der Waals surface area contributed by atoms with Crippen LogP contribution in [0.1, 0.15) is 28.4 Å². The molecule has 3 rings (SSSR count). The van der Waals surface area contributed by atoms with Gasteiger partial charge in [0.1, 0.15) is 5.69 Å². The van der Waals surface area contributed by atoms with Gasteiger partial charge < -0.3 is 14.9 Å². The van der Waals surface area contributed by atoms with Crippen molar-refractivity contribution in [2.75, 3.05) is 0 Å². The standard InChI is InChI=1S/C19H18N2O4/c1-11-8-14-15(21-25-16(14)9-12(11)2)10-17(22)20-18(19(23)24)13-6-4-3-5-7-13/h3-9,18H,10H2,1-2H3,(H,20,22)(H,23,24). The molecule has 0 bridgehead atoms.